The van der Waals surface area contributed by atoms with Gasteiger partial charge in [-0.15, -0.1) is 0 Å². The van der Waals surface area contributed by atoms with Crippen LogP contribution in [0.2, 0.25) is 0 Å². The summed E-state index contributed by atoms with van der Waals surface area (Å²) in [4.78, 5) is 2.39. The Bertz CT molecular complexity index is 1110. The Kier molecular flexibility index (Phi) is 4.37. The highest BCUT2D eigenvalue weighted by Crippen LogP contribution is 2.48. The average Bonchev–Trinajstić information content (AvgIpc) is 3.29. The topological polar surface area (TPSA) is 27.7 Å². The van der Waals surface area contributed by atoms with Crippen LogP contribution in [0.3, 0.4) is 0 Å². The highest BCUT2D eigenvalue weighted by atomic mass is 16.5. The van der Waals surface area contributed by atoms with E-state index in [9.17, 15) is 0 Å². The molecule has 1 spiro atoms. The SMILES string of the molecule is CN1CCC2(CC1)Oc1ccccc1[C@H]1C=C(c3ccc(-c4ccccc4)cc3)NN12. The second-order valence-electron chi connectivity index (χ2n) is 8.84. The first kappa shape index (κ1) is 18.7. The molecule has 0 bridgehead atoms. The second-order valence-corrected chi connectivity index (χ2v) is 8.84. The van der Waals surface area contributed by atoms with Crippen LogP contribution in [0, 0.1) is 0 Å². The van der Waals surface area contributed by atoms with E-state index in [1.165, 1.54) is 22.3 Å². The lowest BCUT2D eigenvalue weighted by molar-refractivity contribution is -0.157. The summed E-state index contributed by atoms with van der Waals surface area (Å²) in [6.07, 6.45) is 4.32. The fourth-order valence-corrected chi connectivity index (χ4v) is 5.07. The molecule has 3 aromatic rings. The third-order valence-electron chi connectivity index (χ3n) is 6.89. The summed E-state index contributed by atoms with van der Waals surface area (Å²) in [5.74, 6) is 1.02. The van der Waals surface area contributed by atoms with Crippen LogP contribution in [-0.4, -0.2) is 35.8 Å². The summed E-state index contributed by atoms with van der Waals surface area (Å²) in [5.41, 5.74) is 9.50. The maximum atomic E-state index is 6.69. The molecule has 0 radical (unpaired) electrons. The van der Waals surface area contributed by atoms with Gasteiger partial charge in [-0.2, -0.15) is 5.01 Å². The van der Waals surface area contributed by atoms with Crippen molar-refractivity contribution in [1.82, 2.24) is 15.3 Å². The van der Waals surface area contributed by atoms with Crippen molar-refractivity contribution in [2.45, 2.75) is 24.6 Å². The number of fused-ring (bicyclic) bond motifs is 4. The Morgan fingerprint density at radius 1 is 0.806 bits per heavy atom. The van der Waals surface area contributed by atoms with Crippen LogP contribution >= 0.6 is 0 Å². The Balaban J connectivity index is 1.35. The van der Waals surface area contributed by atoms with E-state index < -0.39 is 0 Å². The monoisotopic (exact) mass is 409 g/mol. The maximum absolute atomic E-state index is 6.69. The van der Waals surface area contributed by atoms with Crippen molar-refractivity contribution in [3.63, 3.8) is 0 Å². The van der Waals surface area contributed by atoms with Crippen molar-refractivity contribution in [3.05, 3.63) is 96.1 Å². The minimum atomic E-state index is -0.312. The standard InChI is InChI=1S/C27H27N3O/c1-29-17-15-27(16-18-29)30-25(23-9-5-6-10-26(23)31-27)19-24(28-30)22-13-11-21(12-14-22)20-7-3-2-4-8-20/h2-14,19,25,28H,15-18H2,1H3/t25-/m1/s1. The lowest BCUT2D eigenvalue weighted by Crippen LogP contribution is -2.63. The molecule has 4 heteroatoms. The predicted octanol–water partition coefficient (Wildman–Crippen LogP) is 5.07. The molecule has 1 fully saturated rings. The molecule has 31 heavy (non-hydrogen) atoms. The number of hydrazine groups is 1. The van der Waals surface area contributed by atoms with Crippen molar-refractivity contribution in [1.29, 1.82) is 0 Å². The summed E-state index contributed by atoms with van der Waals surface area (Å²) < 4.78 is 6.69. The van der Waals surface area contributed by atoms with Gasteiger partial charge in [0.25, 0.3) is 0 Å². The van der Waals surface area contributed by atoms with Crippen LogP contribution in [-0.2, 0) is 0 Å². The van der Waals surface area contributed by atoms with Crippen LogP contribution in [0.25, 0.3) is 16.8 Å². The van der Waals surface area contributed by atoms with E-state index in [0.717, 1.165) is 37.4 Å². The maximum Gasteiger partial charge on any atom is 0.182 e. The molecule has 3 heterocycles. The molecule has 3 aromatic carbocycles. The summed E-state index contributed by atoms with van der Waals surface area (Å²) in [7, 11) is 2.19. The highest BCUT2D eigenvalue weighted by Gasteiger charge is 2.51. The Morgan fingerprint density at radius 2 is 1.45 bits per heavy atom. The molecule has 0 saturated carbocycles. The first-order chi connectivity index (χ1) is 15.2. The third kappa shape index (κ3) is 3.14. The zero-order chi connectivity index (χ0) is 20.8. The molecular weight excluding hydrogens is 382 g/mol. The number of hydrogen-bond acceptors (Lipinski definition) is 4. The number of nitrogens with zero attached hydrogens (tertiary/aromatic N) is 2. The van der Waals surface area contributed by atoms with Crippen molar-refractivity contribution in [3.8, 4) is 16.9 Å². The number of ether oxygens (including phenoxy) is 1. The molecule has 1 N–H and O–H groups in total. The van der Waals surface area contributed by atoms with Crippen molar-refractivity contribution >= 4 is 5.70 Å². The number of benzene rings is 3. The normalized spacial score (nSPS) is 22.2. The molecule has 0 aromatic heterocycles. The fraction of sp³-hybridized carbons (Fsp3) is 0.259. The van der Waals surface area contributed by atoms with E-state index in [-0.39, 0.29) is 11.8 Å². The Morgan fingerprint density at radius 3 is 2.23 bits per heavy atom. The van der Waals surface area contributed by atoms with Gasteiger partial charge >= 0.3 is 0 Å². The van der Waals surface area contributed by atoms with Gasteiger partial charge in [0.1, 0.15) is 5.75 Å². The van der Waals surface area contributed by atoms with Crippen LogP contribution in [0.15, 0.2) is 84.9 Å². The smallest absolute Gasteiger partial charge is 0.182 e. The second kappa shape index (κ2) is 7.26. The highest BCUT2D eigenvalue weighted by molar-refractivity contribution is 5.71. The molecule has 6 rings (SSSR count). The lowest BCUT2D eigenvalue weighted by atomic mass is 9.93. The van der Waals surface area contributed by atoms with Gasteiger partial charge in [-0.25, -0.2) is 0 Å². The number of piperidine rings is 1. The van der Waals surface area contributed by atoms with Gasteiger partial charge in [-0.3, -0.25) is 0 Å². The predicted molar refractivity (Wildman–Crippen MR) is 124 cm³/mol. The van der Waals surface area contributed by atoms with E-state index >= 15 is 0 Å². The van der Waals surface area contributed by atoms with E-state index in [1.54, 1.807) is 0 Å². The van der Waals surface area contributed by atoms with Gasteiger partial charge < -0.3 is 15.1 Å². The molecule has 1 saturated heterocycles. The minimum Gasteiger partial charge on any atom is -0.470 e. The van der Waals surface area contributed by atoms with Gasteiger partial charge in [-0.1, -0.05) is 72.8 Å². The molecule has 1 atom stereocenters. The molecule has 3 aliphatic heterocycles. The summed E-state index contributed by atoms with van der Waals surface area (Å²) in [6.45, 7) is 2.07. The average molecular weight is 410 g/mol. The Hall–Kier alpha value is -3.08. The third-order valence-corrected chi connectivity index (χ3v) is 6.89. The van der Waals surface area contributed by atoms with Crippen LogP contribution in [0.1, 0.15) is 30.0 Å². The minimum absolute atomic E-state index is 0.178. The quantitative estimate of drug-likeness (QED) is 0.640. The molecule has 0 unspecified atom stereocenters. The molecule has 0 aliphatic carbocycles. The lowest BCUT2D eigenvalue weighted by Gasteiger charge is -2.51. The summed E-state index contributed by atoms with van der Waals surface area (Å²) in [5, 5.41) is 2.36. The molecule has 156 valence electrons. The van der Waals surface area contributed by atoms with Gasteiger partial charge in [-0.05, 0) is 35.9 Å². The molecule has 4 nitrogen and oxygen atoms in total. The van der Waals surface area contributed by atoms with Crippen LogP contribution < -0.4 is 10.2 Å². The number of hydrogen-bond donors (Lipinski definition) is 1. The van der Waals surface area contributed by atoms with E-state index in [4.69, 9.17) is 4.74 Å². The molecule has 3 aliphatic rings. The number of likely N-dealkylation sites (tertiary alicyclic amines) is 1. The zero-order valence-electron chi connectivity index (χ0n) is 17.8. The van der Waals surface area contributed by atoms with Gasteiger partial charge in [0.15, 0.2) is 5.72 Å². The van der Waals surface area contributed by atoms with Gasteiger partial charge in [0.05, 0.1) is 11.7 Å². The first-order valence-electron chi connectivity index (χ1n) is 11.1. The first-order valence-corrected chi connectivity index (χ1v) is 11.1. The Labute approximate surface area is 183 Å². The van der Waals surface area contributed by atoms with Crippen molar-refractivity contribution in [2.75, 3.05) is 20.1 Å². The van der Waals surface area contributed by atoms with E-state index in [1.807, 2.05) is 0 Å². The van der Waals surface area contributed by atoms with Gasteiger partial charge in [0, 0.05) is 31.5 Å². The molecule has 0 amide bonds. The fourth-order valence-electron chi connectivity index (χ4n) is 5.07. The van der Waals surface area contributed by atoms with Crippen molar-refractivity contribution in [2.24, 2.45) is 0 Å². The number of nitrogens with one attached hydrogen (secondary N) is 1. The van der Waals surface area contributed by atoms with Crippen LogP contribution in [0.5, 0.6) is 5.75 Å². The van der Waals surface area contributed by atoms with Crippen molar-refractivity contribution < 1.29 is 4.74 Å². The van der Waals surface area contributed by atoms with E-state index in [2.05, 4.69) is 107 Å². The van der Waals surface area contributed by atoms with Gasteiger partial charge in [0.2, 0.25) is 0 Å². The van der Waals surface area contributed by atoms with E-state index in [0.29, 0.717) is 0 Å². The number of para-hydroxylation sites is 1. The summed E-state index contributed by atoms with van der Waals surface area (Å²) in [6, 6.07) is 28.0. The molecular formula is C27H27N3O. The number of rotatable bonds is 2. The van der Waals surface area contributed by atoms with Crippen LogP contribution in [0.4, 0.5) is 0 Å². The zero-order valence-corrected chi connectivity index (χ0v) is 17.8. The summed E-state index contributed by atoms with van der Waals surface area (Å²) >= 11 is 0. The largest absolute Gasteiger partial charge is 0.470 e.